The van der Waals surface area contributed by atoms with Crippen molar-refractivity contribution in [1.29, 1.82) is 0 Å². The predicted octanol–water partition coefficient (Wildman–Crippen LogP) is -0.592. The molecule has 0 bridgehead atoms. The summed E-state index contributed by atoms with van der Waals surface area (Å²) in [5, 5.41) is 41.8. The van der Waals surface area contributed by atoms with Crippen LogP contribution in [0.1, 0.15) is 41.1 Å². The number of aliphatic hydroxyl groups excluding tert-OH is 2. The molecule has 1 fully saturated rings. The van der Waals surface area contributed by atoms with Gasteiger partial charge in [-0.15, -0.1) is 0 Å². The number of ketones is 2. The molecule has 0 aliphatic heterocycles. The lowest BCUT2D eigenvalue weighted by Crippen LogP contribution is -2.58. The fourth-order valence-electron chi connectivity index (χ4n) is 4.92. The molecule has 174 valence electrons. The van der Waals surface area contributed by atoms with Crippen molar-refractivity contribution in [3.8, 4) is 5.75 Å². The van der Waals surface area contributed by atoms with Gasteiger partial charge in [0.2, 0.25) is 5.91 Å². The van der Waals surface area contributed by atoms with Crippen LogP contribution in [0, 0.1) is 11.8 Å². The van der Waals surface area contributed by atoms with Crippen molar-refractivity contribution < 1.29 is 52.3 Å². The van der Waals surface area contributed by atoms with E-state index in [0.29, 0.717) is 0 Å². The van der Waals surface area contributed by atoms with E-state index in [1.54, 1.807) is 0 Å². The van der Waals surface area contributed by atoms with Crippen LogP contribution in [-0.2, 0) is 20.0 Å². The number of primary amides is 1. The first-order valence-electron chi connectivity index (χ1n) is 9.41. The number of hydrogen-bond donors (Lipinski definition) is 7. The first kappa shape index (κ1) is 23.8. The molecule has 32 heavy (non-hydrogen) atoms. The Kier molecular flexibility index (Phi) is 5.91. The van der Waals surface area contributed by atoms with Gasteiger partial charge in [-0.3, -0.25) is 23.5 Å². The van der Waals surface area contributed by atoms with Gasteiger partial charge in [0.1, 0.15) is 11.5 Å². The molecule has 1 aromatic rings. The van der Waals surface area contributed by atoms with E-state index in [-0.39, 0.29) is 41.7 Å². The Labute approximate surface area is 181 Å². The van der Waals surface area contributed by atoms with Crippen LogP contribution in [0.4, 0.5) is 0 Å². The summed E-state index contributed by atoms with van der Waals surface area (Å²) >= 11 is 0. The topological polar surface area (TPSA) is 233 Å². The minimum absolute atomic E-state index is 0.0210. The molecule has 5 atom stereocenters. The summed E-state index contributed by atoms with van der Waals surface area (Å²) in [6.07, 6.45) is -1.25. The van der Waals surface area contributed by atoms with Crippen molar-refractivity contribution in [1.82, 2.24) is 0 Å². The minimum Gasteiger partial charge on any atom is -0.508 e. The van der Waals surface area contributed by atoms with E-state index in [0.717, 1.165) is 0 Å². The van der Waals surface area contributed by atoms with Crippen molar-refractivity contribution in [3.05, 3.63) is 40.7 Å². The van der Waals surface area contributed by atoms with Crippen LogP contribution in [0.2, 0.25) is 0 Å². The Bertz CT molecular complexity index is 1130. The van der Waals surface area contributed by atoms with Crippen molar-refractivity contribution in [2.24, 2.45) is 17.6 Å². The first-order chi connectivity index (χ1) is 14.7. The Morgan fingerprint density at radius 2 is 1.72 bits per heavy atom. The van der Waals surface area contributed by atoms with Crippen molar-refractivity contribution >= 4 is 27.9 Å². The third-order valence-corrected chi connectivity index (χ3v) is 6.11. The minimum atomic E-state index is -4.67. The van der Waals surface area contributed by atoms with Crippen LogP contribution in [-0.4, -0.2) is 67.1 Å². The lowest BCUT2D eigenvalue weighted by atomic mass is 9.57. The Hall–Kier alpha value is -2.84. The van der Waals surface area contributed by atoms with E-state index >= 15 is 0 Å². The van der Waals surface area contributed by atoms with Crippen LogP contribution in [0.3, 0.4) is 0 Å². The molecule has 0 heterocycles. The third kappa shape index (κ3) is 3.89. The van der Waals surface area contributed by atoms with Crippen molar-refractivity contribution in [2.75, 3.05) is 0 Å². The molecule has 12 nitrogen and oxygen atoms in total. The summed E-state index contributed by atoms with van der Waals surface area (Å²) in [5.41, 5.74) is 3.11. The zero-order valence-electron chi connectivity index (χ0n) is 16.4. The highest BCUT2D eigenvalue weighted by Gasteiger charge is 2.60. The number of aliphatic hydroxyl groups is 3. The van der Waals surface area contributed by atoms with Crippen molar-refractivity contribution in [2.45, 2.75) is 36.9 Å². The molecular weight excluding hydrogens is 450 g/mol. The summed E-state index contributed by atoms with van der Waals surface area (Å²) in [6.45, 7) is 0. The average Bonchev–Trinajstić information content (AvgIpc) is 2.63. The number of allylic oxidation sites excluding steroid dienone is 1. The number of carbonyl (C=O) groups excluding carboxylic acids is 3. The van der Waals surface area contributed by atoms with Gasteiger partial charge in [0.15, 0.2) is 17.2 Å². The highest BCUT2D eigenvalue weighted by molar-refractivity contribution is 7.79. The zero-order valence-corrected chi connectivity index (χ0v) is 17.2. The van der Waals surface area contributed by atoms with Crippen LogP contribution < -0.4 is 5.73 Å². The number of aromatic hydroxyl groups is 1. The zero-order chi connectivity index (χ0) is 24.2. The van der Waals surface area contributed by atoms with E-state index < -0.39 is 63.1 Å². The smallest absolute Gasteiger partial charge is 0.394 e. The fourth-order valence-corrected chi connectivity index (χ4v) is 4.92. The normalized spacial score (nSPS) is 31.6. The number of fused-ring (bicyclic) bond motifs is 3. The molecule has 1 aromatic carbocycles. The molecule has 0 radical (unpaired) electrons. The van der Waals surface area contributed by atoms with E-state index in [1.165, 1.54) is 18.2 Å². The largest absolute Gasteiger partial charge is 0.508 e. The second kappa shape index (κ2) is 7.94. The third-order valence-electron chi connectivity index (χ3n) is 6.11. The molecule has 0 aromatic heterocycles. The fraction of sp³-hybridized carbons (Fsp3) is 0.421. The number of phenols is 1. The number of phenolic OH excluding ortho intramolecular Hbond substituents is 1. The number of rotatable bonds is 1. The molecule has 4 rings (SSSR count). The van der Waals surface area contributed by atoms with Gasteiger partial charge >= 0.3 is 10.4 Å². The number of benzene rings is 1. The SMILES string of the molecule is NC(=O)C1c2cccc(O)c2C(=O)C2=C(O)C3(O)C(=O)CC(O)CC3CC21.O=S(=O)(O)O. The van der Waals surface area contributed by atoms with Crippen LogP contribution in [0.25, 0.3) is 0 Å². The Morgan fingerprint density at radius 3 is 2.28 bits per heavy atom. The second-order valence-corrected chi connectivity index (χ2v) is 8.88. The quantitative estimate of drug-likeness (QED) is 0.256. The molecule has 0 saturated heterocycles. The Morgan fingerprint density at radius 1 is 1.12 bits per heavy atom. The Balaban J connectivity index is 0.000000523. The lowest BCUT2D eigenvalue weighted by molar-refractivity contribution is -0.155. The summed E-state index contributed by atoms with van der Waals surface area (Å²) < 4.78 is 31.6. The maximum Gasteiger partial charge on any atom is 0.394 e. The van der Waals surface area contributed by atoms with Crippen LogP contribution >= 0.6 is 0 Å². The number of Topliss-reactive ketones (excluding diaryl/α,β-unsaturated/α-hetero) is 2. The molecule has 8 N–H and O–H groups in total. The average molecular weight is 471 g/mol. The summed E-state index contributed by atoms with van der Waals surface area (Å²) in [4.78, 5) is 37.7. The van der Waals surface area contributed by atoms with Crippen LogP contribution in [0.15, 0.2) is 29.5 Å². The molecule has 0 spiro atoms. The van der Waals surface area contributed by atoms with E-state index in [9.17, 15) is 34.8 Å². The molecular formula is C19H21NO11S. The van der Waals surface area contributed by atoms with Gasteiger partial charge in [-0.2, -0.15) is 8.42 Å². The van der Waals surface area contributed by atoms with Gasteiger partial charge in [0, 0.05) is 23.8 Å². The number of nitrogens with two attached hydrogens (primary N) is 1. The van der Waals surface area contributed by atoms with Crippen molar-refractivity contribution in [3.63, 3.8) is 0 Å². The summed E-state index contributed by atoms with van der Waals surface area (Å²) in [6, 6.07) is 4.27. The number of amides is 1. The number of carbonyl (C=O) groups is 3. The maximum atomic E-state index is 13.0. The van der Waals surface area contributed by atoms with Gasteiger partial charge in [-0.05, 0) is 24.5 Å². The van der Waals surface area contributed by atoms with Gasteiger partial charge in [-0.25, -0.2) is 0 Å². The van der Waals surface area contributed by atoms with E-state index in [2.05, 4.69) is 0 Å². The first-order valence-corrected chi connectivity index (χ1v) is 10.8. The van der Waals surface area contributed by atoms with Gasteiger partial charge < -0.3 is 26.2 Å². The summed E-state index contributed by atoms with van der Waals surface area (Å²) in [7, 11) is -4.67. The molecule has 3 aliphatic carbocycles. The van der Waals surface area contributed by atoms with Gasteiger partial charge in [-0.1, -0.05) is 12.1 Å². The molecule has 13 heteroatoms. The second-order valence-electron chi connectivity index (χ2n) is 7.98. The molecule has 1 amide bonds. The van der Waals surface area contributed by atoms with Gasteiger partial charge in [0.25, 0.3) is 0 Å². The predicted molar refractivity (Wildman–Crippen MR) is 105 cm³/mol. The molecule has 1 saturated carbocycles. The maximum absolute atomic E-state index is 13.0. The lowest BCUT2D eigenvalue weighted by Gasteiger charge is -2.48. The molecule has 5 unspecified atom stereocenters. The van der Waals surface area contributed by atoms with E-state index in [1.807, 2.05) is 0 Å². The summed E-state index contributed by atoms with van der Waals surface area (Å²) in [5.74, 6) is -6.16. The van der Waals surface area contributed by atoms with E-state index in [4.69, 9.17) is 23.3 Å². The molecule has 3 aliphatic rings. The van der Waals surface area contributed by atoms with Gasteiger partial charge in [0.05, 0.1) is 17.6 Å². The van der Waals surface area contributed by atoms with Crippen LogP contribution in [0.5, 0.6) is 5.75 Å². The number of hydrogen-bond acceptors (Lipinski definition) is 9. The highest BCUT2D eigenvalue weighted by Crippen LogP contribution is 2.54. The monoisotopic (exact) mass is 471 g/mol. The standard InChI is InChI=1S/C19H19NO7.H2O4S/c20-18(26)13-9-2-1-3-11(22)14(9)16(24)15-10(13)5-7-4-8(21)6-12(23)19(7,27)17(15)25;1-5(2,3)4/h1-3,7-8,10,13,21-22,25,27H,4-6H2,(H2,20,26);(H2,1,2,3,4). The highest BCUT2D eigenvalue weighted by atomic mass is 32.3.